The van der Waals surface area contributed by atoms with Crippen LogP contribution in [0.25, 0.3) is 0 Å². The predicted octanol–water partition coefficient (Wildman–Crippen LogP) is 3.95. The number of halogens is 7. The Kier molecular flexibility index (Phi) is 8.14. The summed E-state index contributed by atoms with van der Waals surface area (Å²) in [5.41, 5.74) is 0.395. The maximum Gasteiger partial charge on any atom is 0.460 e. The van der Waals surface area contributed by atoms with Crippen molar-refractivity contribution in [2.45, 2.75) is 36.4 Å². The third-order valence-corrected chi connectivity index (χ3v) is 5.48. The molecule has 1 amide bonds. The molecule has 0 aliphatic carbocycles. The molecule has 0 radical (unpaired) electrons. The monoisotopic (exact) mass is 518 g/mol. The average molecular weight is 518 g/mol. The Hall–Kier alpha value is -2.94. The van der Waals surface area contributed by atoms with Gasteiger partial charge in [0.05, 0.1) is 22.8 Å². The molecular formula is C19H17F7N2O5S. The normalized spacial score (nSPS) is 12.9. The summed E-state index contributed by atoms with van der Waals surface area (Å²) in [6.07, 6.45) is -5.39. The molecule has 0 unspecified atom stereocenters. The summed E-state index contributed by atoms with van der Waals surface area (Å²) in [6.45, 7) is 0.0704. The molecule has 1 heterocycles. The van der Waals surface area contributed by atoms with Gasteiger partial charge in [-0.1, -0.05) is 0 Å². The van der Waals surface area contributed by atoms with Crippen LogP contribution in [0.2, 0.25) is 0 Å². The highest BCUT2D eigenvalue weighted by Gasteiger charge is 2.73. The number of pyridine rings is 1. The minimum absolute atomic E-state index is 0.100. The molecule has 0 aliphatic heterocycles. The lowest BCUT2D eigenvalue weighted by Crippen LogP contribution is -2.54. The van der Waals surface area contributed by atoms with E-state index in [-0.39, 0.29) is 12.2 Å². The van der Waals surface area contributed by atoms with Crippen molar-refractivity contribution < 1.29 is 53.4 Å². The molecule has 0 saturated carbocycles. The molecule has 0 fully saturated rings. The Morgan fingerprint density at radius 1 is 1.00 bits per heavy atom. The van der Waals surface area contributed by atoms with Crippen LogP contribution in [0.5, 0.6) is 5.75 Å². The summed E-state index contributed by atoms with van der Waals surface area (Å²) in [5.74, 6) is -13.6. The largest absolute Gasteiger partial charge is 0.487 e. The molecule has 34 heavy (non-hydrogen) atoms. The molecule has 2 rings (SSSR count). The Morgan fingerprint density at radius 3 is 2.12 bits per heavy atom. The van der Waals surface area contributed by atoms with Crippen molar-refractivity contribution in [2.24, 2.45) is 0 Å². The van der Waals surface area contributed by atoms with E-state index in [1.165, 1.54) is 12.1 Å². The zero-order valence-corrected chi connectivity index (χ0v) is 18.0. The Morgan fingerprint density at radius 2 is 1.62 bits per heavy atom. The molecule has 188 valence electrons. The smallest absolute Gasteiger partial charge is 0.460 e. The summed E-state index contributed by atoms with van der Waals surface area (Å²) in [4.78, 5) is 15.6. The van der Waals surface area contributed by atoms with Gasteiger partial charge in [0.25, 0.3) is 15.9 Å². The molecule has 0 spiro atoms. The quantitative estimate of drug-likeness (QED) is 0.479. The lowest BCUT2D eigenvalue weighted by molar-refractivity contribution is -0.358. The van der Waals surface area contributed by atoms with Gasteiger partial charge in [-0.15, -0.1) is 0 Å². The average Bonchev–Trinajstić information content (AvgIpc) is 2.75. The molecule has 1 N–H and O–H groups in total. The number of hydrogen-bond donors (Lipinski definition) is 1. The zero-order chi connectivity index (χ0) is 25.8. The van der Waals surface area contributed by atoms with Gasteiger partial charge in [0.1, 0.15) is 5.75 Å². The maximum absolute atomic E-state index is 13.3. The van der Waals surface area contributed by atoms with Gasteiger partial charge in [-0.25, -0.2) is 13.1 Å². The van der Waals surface area contributed by atoms with Gasteiger partial charge in [-0.2, -0.15) is 30.7 Å². The Balaban J connectivity index is 2.05. The second-order valence-corrected chi connectivity index (χ2v) is 8.33. The number of alkyl halides is 7. The minimum Gasteiger partial charge on any atom is -0.487 e. The first-order valence-corrected chi connectivity index (χ1v) is 10.7. The van der Waals surface area contributed by atoms with Gasteiger partial charge >= 0.3 is 18.0 Å². The fourth-order valence-corrected chi connectivity index (χ4v) is 3.25. The molecule has 0 bridgehead atoms. The van der Waals surface area contributed by atoms with Crippen molar-refractivity contribution in [3.8, 4) is 5.75 Å². The van der Waals surface area contributed by atoms with E-state index in [0.29, 0.717) is 12.3 Å². The highest BCUT2D eigenvalue weighted by molar-refractivity contribution is 7.90. The van der Waals surface area contributed by atoms with Gasteiger partial charge < -0.3 is 9.47 Å². The molecule has 0 atom stereocenters. The number of carbonyl (C=O) groups excluding carboxylic acids is 1. The van der Waals surface area contributed by atoms with Crippen LogP contribution < -0.4 is 9.46 Å². The van der Waals surface area contributed by atoms with Crippen LogP contribution in [0, 0.1) is 0 Å². The first-order valence-electron chi connectivity index (χ1n) is 9.26. The van der Waals surface area contributed by atoms with Crippen molar-refractivity contribution in [1.29, 1.82) is 0 Å². The predicted molar refractivity (Wildman–Crippen MR) is 102 cm³/mol. The van der Waals surface area contributed by atoms with Crippen molar-refractivity contribution in [1.82, 2.24) is 9.71 Å². The van der Waals surface area contributed by atoms with E-state index in [9.17, 15) is 43.9 Å². The summed E-state index contributed by atoms with van der Waals surface area (Å²) in [7, 11) is -4.46. The molecule has 15 heteroatoms. The number of amides is 1. The number of nitrogens with zero attached hydrogens (tertiary/aromatic N) is 1. The van der Waals surface area contributed by atoms with Crippen molar-refractivity contribution in [3.05, 3.63) is 53.9 Å². The van der Waals surface area contributed by atoms with Crippen LogP contribution in [0.3, 0.4) is 0 Å². The number of sulfonamides is 1. The number of ether oxygens (including phenoxy) is 2. The molecule has 2 aromatic rings. The van der Waals surface area contributed by atoms with E-state index in [1.54, 1.807) is 11.6 Å². The fourth-order valence-electron chi connectivity index (χ4n) is 2.28. The maximum atomic E-state index is 13.3. The summed E-state index contributed by atoms with van der Waals surface area (Å²) in [6, 6.07) is 5.78. The highest BCUT2D eigenvalue weighted by atomic mass is 32.2. The first kappa shape index (κ1) is 27.3. The van der Waals surface area contributed by atoms with Gasteiger partial charge in [0.2, 0.25) is 0 Å². The van der Waals surface area contributed by atoms with Crippen molar-refractivity contribution in [3.63, 3.8) is 0 Å². The fraction of sp³-hybridized carbons (Fsp3) is 0.368. The van der Waals surface area contributed by atoms with Crippen LogP contribution in [0.4, 0.5) is 30.7 Å². The van der Waals surface area contributed by atoms with Crippen LogP contribution >= 0.6 is 0 Å². The Bertz CT molecular complexity index is 1090. The van der Waals surface area contributed by atoms with E-state index < -0.39 is 51.2 Å². The van der Waals surface area contributed by atoms with E-state index in [2.05, 4.69) is 9.72 Å². The number of benzene rings is 1. The van der Waals surface area contributed by atoms with Gasteiger partial charge in [-0.3, -0.25) is 9.78 Å². The SMILES string of the molecule is CCOCc1ccc(C(=O)NS(=O)(=O)c2ccc(OCC(F)(F)C(F)(F)C(F)(F)F)cc2)cn1. The molecule has 1 aromatic carbocycles. The van der Waals surface area contributed by atoms with Gasteiger partial charge in [0.15, 0.2) is 6.61 Å². The van der Waals surface area contributed by atoms with E-state index in [1.807, 2.05) is 0 Å². The van der Waals surface area contributed by atoms with E-state index >= 15 is 0 Å². The van der Waals surface area contributed by atoms with Crippen LogP contribution in [-0.4, -0.2) is 50.5 Å². The number of carbonyl (C=O) groups is 1. The zero-order valence-electron chi connectivity index (χ0n) is 17.2. The molecule has 1 aromatic heterocycles. The molecule has 0 aliphatic rings. The number of nitrogens with one attached hydrogen (secondary N) is 1. The third kappa shape index (κ3) is 6.34. The number of hydrogen-bond acceptors (Lipinski definition) is 6. The van der Waals surface area contributed by atoms with Gasteiger partial charge in [0, 0.05) is 12.8 Å². The Labute approximate surface area is 188 Å². The van der Waals surface area contributed by atoms with Crippen LogP contribution in [0.1, 0.15) is 23.0 Å². The second kappa shape index (κ2) is 10.1. The second-order valence-electron chi connectivity index (χ2n) is 6.65. The third-order valence-electron chi connectivity index (χ3n) is 4.14. The number of rotatable bonds is 10. The molecule has 0 saturated heterocycles. The lowest BCUT2D eigenvalue weighted by atomic mass is 10.2. The topological polar surface area (TPSA) is 94.6 Å². The number of aromatic nitrogens is 1. The molecule has 7 nitrogen and oxygen atoms in total. The molecular weight excluding hydrogens is 501 g/mol. The standard InChI is InChI=1S/C19H17F7N2O5S/c1-2-32-10-13-4-3-12(9-27-13)16(29)28-34(30,31)15-7-5-14(6-8-15)33-11-17(20,21)18(22,23)19(24,25)26/h3-9H,2,10-11H2,1H3,(H,28,29). The van der Waals surface area contributed by atoms with Crippen molar-refractivity contribution in [2.75, 3.05) is 13.2 Å². The van der Waals surface area contributed by atoms with Gasteiger partial charge in [-0.05, 0) is 43.3 Å². The van der Waals surface area contributed by atoms with Crippen LogP contribution in [0.15, 0.2) is 47.5 Å². The highest BCUT2D eigenvalue weighted by Crippen LogP contribution is 2.46. The first-order chi connectivity index (χ1) is 15.6. The van der Waals surface area contributed by atoms with E-state index in [0.717, 1.165) is 30.5 Å². The van der Waals surface area contributed by atoms with Crippen LogP contribution in [-0.2, 0) is 21.4 Å². The minimum atomic E-state index is -6.50. The van der Waals surface area contributed by atoms with Crippen molar-refractivity contribution >= 4 is 15.9 Å². The summed E-state index contributed by atoms with van der Waals surface area (Å²) >= 11 is 0. The summed E-state index contributed by atoms with van der Waals surface area (Å²) < 4.78 is 125. The summed E-state index contributed by atoms with van der Waals surface area (Å²) in [5, 5.41) is 0. The lowest BCUT2D eigenvalue weighted by Gasteiger charge is -2.27. The van der Waals surface area contributed by atoms with E-state index in [4.69, 9.17) is 4.74 Å².